The molecule has 0 aliphatic carbocycles. The molecule has 0 aliphatic rings. The van der Waals surface area contributed by atoms with Gasteiger partial charge in [-0.25, -0.2) is 9.37 Å². The molecule has 0 saturated heterocycles. The Morgan fingerprint density at radius 1 is 1.33 bits per heavy atom. The minimum atomic E-state index is -0.516. The van der Waals surface area contributed by atoms with Crippen molar-refractivity contribution in [2.75, 3.05) is 0 Å². The molecule has 0 N–H and O–H groups in total. The average Bonchev–Trinajstić information content (AvgIpc) is 2.17. The number of aromatic nitrogens is 1. The lowest BCUT2D eigenvalue weighted by atomic mass is 10.1. The first kappa shape index (κ1) is 10.2. The lowest BCUT2D eigenvalue weighted by molar-refractivity contribution is 0.639. The Labute approximate surface area is 94.9 Å². The van der Waals surface area contributed by atoms with Crippen molar-refractivity contribution in [3.8, 4) is 6.07 Å². The van der Waals surface area contributed by atoms with Gasteiger partial charge in [-0.3, -0.25) is 0 Å². The van der Waals surface area contributed by atoms with Crippen LogP contribution in [-0.2, 0) is 0 Å². The molecule has 0 atom stereocenters. The number of halogens is 3. The second kappa shape index (κ2) is 3.65. The van der Waals surface area contributed by atoms with Crippen LogP contribution in [0.2, 0.25) is 10.3 Å². The van der Waals surface area contributed by atoms with Gasteiger partial charge in [0.2, 0.25) is 0 Å². The first-order valence-electron chi connectivity index (χ1n) is 3.98. The molecule has 1 aromatic carbocycles. The van der Waals surface area contributed by atoms with Crippen LogP contribution >= 0.6 is 23.2 Å². The van der Waals surface area contributed by atoms with E-state index in [1.165, 1.54) is 18.2 Å². The molecule has 74 valence electrons. The highest BCUT2D eigenvalue weighted by Crippen LogP contribution is 2.29. The Morgan fingerprint density at radius 3 is 2.73 bits per heavy atom. The highest BCUT2D eigenvalue weighted by Gasteiger charge is 2.11. The van der Waals surface area contributed by atoms with Gasteiger partial charge in [0.1, 0.15) is 16.1 Å². The van der Waals surface area contributed by atoms with Crippen LogP contribution < -0.4 is 0 Å². The molecule has 0 fully saturated rings. The predicted molar refractivity (Wildman–Crippen MR) is 56.4 cm³/mol. The van der Waals surface area contributed by atoms with E-state index < -0.39 is 5.82 Å². The molecule has 0 unspecified atom stereocenters. The maximum absolute atomic E-state index is 13.4. The highest BCUT2D eigenvalue weighted by molar-refractivity contribution is 6.36. The Hall–Kier alpha value is -1.37. The van der Waals surface area contributed by atoms with E-state index in [2.05, 4.69) is 4.98 Å². The third-order valence-electron chi connectivity index (χ3n) is 1.99. The molecule has 0 amide bonds. The van der Waals surface area contributed by atoms with E-state index in [4.69, 9.17) is 28.5 Å². The van der Waals surface area contributed by atoms with E-state index in [1.54, 1.807) is 0 Å². The van der Waals surface area contributed by atoms with Crippen molar-refractivity contribution in [3.05, 3.63) is 39.9 Å². The standard InChI is InChI=1S/C10H3Cl2FN2/c11-8-3-6-5(4-14)1-2-7(13)9(6)10(12)15-8/h1-3H. The van der Waals surface area contributed by atoms with Gasteiger partial charge in [-0.15, -0.1) is 0 Å². The summed E-state index contributed by atoms with van der Waals surface area (Å²) >= 11 is 11.4. The molecule has 2 rings (SSSR count). The zero-order valence-corrected chi connectivity index (χ0v) is 8.77. The fourth-order valence-electron chi connectivity index (χ4n) is 1.35. The van der Waals surface area contributed by atoms with Crippen molar-refractivity contribution in [3.63, 3.8) is 0 Å². The fraction of sp³-hybridized carbons (Fsp3) is 0. The smallest absolute Gasteiger partial charge is 0.141 e. The third kappa shape index (κ3) is 1.63. The topological polar surface area (TPSA) is 36.7 Å². The van der Waals surface area contributed by atoms with Gasteiger partial charge >= 0.3 is 0 Å². The number of nitrogens with zero attached hydrogens (tertiary/aromatic N) is 2. The van der Waals surface area contributed by atoms with Gasteiger partial charge in [0.15, 0.2) is 0 Å². The summed E-state index contributed by atoms with van der Waals surface area (Å²) in [6.07, 6.45) is 0. The molecule has 1 aromatic heterocycles. The average molecular weight is 241 g/mol. The van der Waals surface area contributed by atoms with Gasteiger partial charge in [-0.2, -0.15) is 5.26 Å². The van der Waals surface area contributed by atoms with Crippen LogP contribution in [0.15, 0.2) is 18.2 Å². The van der Waals surface area contributed by atoms with Gasteiger partial charge in [0.25, 0.3) is 0 Å². The van der Waals surface area contributed by atoms with Crippen molar-refractivity contribution >= 4 is 34.0 Å². The van der Waals surface area contributed by atoms with Crippen molar-refractivity contribution in [2.45, 2.75) is 0 Å². The van der Waals surface area contributed by atoms with E-state index >= 15 is 0 Å². The second-order valence-electron chi connectivity index (χ2n) is 2.87. The summed E-state index contributed by atoms with van der Waals surface area (Å²) in [4.78, 5) is 3.72. The number of benzene rings is 1. The SMILES string of the molecule is N#Cc1ccc(F)c2c(Cl)nc(Cl)cc12. The van der Waals surface area contributed by atoms with Gasteiger partial charge < -0.3 is 0 Å². The molecule has 15 heavy (non-hydrogen) atoms. The van der Waals surface area contributed by atoms with E-state index in [9.17, 15) is 4.39 Å². The van der Waals surface area contributed by atoms with E-state index in [1.807, 2.05) is 6.07 Å². The number of fused-ring (bicyclic) bond motifs is 1. The van der Waals surface area contributed by atoms with Crippen LogP contribution in [-0.4, -0.2) is 4.98 Å². The Bertz CT molecular complexity index is 590. The lowest BCUT2D eigenvalue weighted by Gasteiger charge is -2.03. The number of hydrogen-bond acceptors (Lipinski definition) is 2. The van der Waals surface area contributed by atoms with Crippen LogP contribution in [0.25, 0.3) is 10.8 Å². The van der Waals surface area contributed by atoms with Crippen LogP contribution in [0, 0.1) is 17.1 Å². The molecule has 2 aromatic rings. The molecule has 5 heteroatoms. The molecular formula is C10H3Cl2FN2. The summed E-state index contributed by atoms with van der Waals surface area (Å²) in [6, 6.07) is 5.92. The van der Waals surface area contributed by atoms with Crippen LogP contribution in [0.5, 0.6) is 0 Å². The minimum absolute atomic E-state index is 0.0351. The summed E-state index contributed by atoms with van der Waals surface area (Å²) in [6.45, 7) is 0. The van der Waals surface area contributed by atoms with Crippen LogP contribution in [0.4, 0.5) is 4.39 Å². The van der Waals surface area contributed by atoms with Gasteiger partial charge in [-0.05, 0) is 18.2 Å². The molecule has 0 spiro atoms. The largest absolute Gasteiger partial charge is 0.224 e. The fourth-order valence-corrected chi connectivity index (χ4v) is 1.87. The maximum Gasteiger partial charge on any atom is 0.141 e. The van der Waals surface area contributed by atoms with Crippen molar-refractivity contribution < 1.29 is 4.39 Å². The summed E-state index contributed by atoms with van der Waals surface area (Å²) in [5.41, 5.74) is 0.317. The van der Waals surface area contributed by atoms with Crippen molar-refractivity contribution in [1.82, 2.24) is 4.98 Å². The van der Waals surface area contributed by atoms with Crippen LogP contribution in [0.3, 0.4) is 0 Å². The summed E-state index contributed by atoms with van der Waals surface area (Å²) in [5.74, 6) is -0.516. The number of rotatable bonds is 0. The Balaban J connectivity index is 3.02. The monoisotopic (exact) mass is 240 g/mol. The first-order valence-corrected chi connectivity index (χ1v) is 4.73. The molecule has 1 heterocycles. The Morgan fingerprint density at radius 2 is 2.07 bits per heavy atom. The molecule has 0 bridgehead atoms. The summed E-state index contributed by atoms with van der Waals surface area (Å²) < 4.78 is 13.4. The van der Waals surface area contributed by atoms with Crippen LogP contribution in [0.1, 0.15) is 5.56 Å². The molecule has 0 aliphatic heterocycles. The third-order valence-corrected chi connectivity index (χ3v) is 2.46. The number of pyridine rings is 1. The van der Waals surface area contributed by atoms with Gasteiger partial charge in [-0.1, -0.05) is 23.2 Å². The van der Waals surface area contributed by atoms with E-state index in [0.29, 0.717) is 10.9 Å². The quantitative estimate of drug-likeness (QED) is 0.661. The van der Waals surface area contributed by atoms with Gasteiger partial charge in [0, 0.05) is 5.39 Å². The van der Waals surface area contributed by atoms with Crippen molar-refractivity contribution in [1.29, 1.82) is 5.26 Å². The highest BCUT2D eigenvalue weighted by atomic mass is 35.5. The maximum atomic E-state index is 13.4. The second-order valence-corrected chi connectivity index (χ2v) is 3.61. The molecular weight excluding hydrogens is 238 g/mol. The number of nitriles is 1. The molecule has 0 saturated carbocycles. The van der Waals surface area contributed by atoms with E-state index in [0.717, 1.165) is 0 Å². The minimum Gasteiger partial charge on any atom is -0.224 e. The number of hydrogen-bond donors (Lipinski definition) is 0. The first-order chi connectivity index (χ1) is 7.13. The summed E-state index contributed by atoms with van der Waals surface area (Å²) in [7, 11) is 0. The van der Waals surface area contributed by atoms with E-state index in [-0.39, 0.29) is 15.7 Å². The normalized spacial score (nSPS) is 10.3. The Kier molecular flexibility index (Phi) is 2.47. The van der Waals surface area contributed by atoms with Crippen molar-refractivity contribution in [2.24, 2.45) is 0 Å². The zero-order chi connectivity index (χ0) is 11.0. The van der Waals surface area contributed by atoms with Gasteiger partial charge in [0.05, 0.1) is 17.0 Å². The predicted octanol–water partition coefficient (Wildman–Crippen LogP) is 3.55. The zero-order valence-electron chi connectivity index (χ0n) is 7.26. The molecule has 0 radical (unpaired) electrons. The lowest BCUT2D eigenvalue weighted by Crippen LogP contribution is -1.88. The molecule has 2 nitrogen and oxygen atoms in total. The summed E-state index contributed by atoms with van der Waals surface area (Å²) in [5, 5.41) is 9.43.